The number of alkyl halides is 2. The first-order valence-corrected chi connectivity index (χ1v) is 10.7. The van der Waals surface area contributed by atoms with Gasteiger partial charge in [0.1, 0.15) is 20.7 Å². The van der Waals surface area contributed by atoms with E-state index in [4.69, 9.17) is 40.2 Å². The Balaban J connectivity index is 1.83. The Morgan fingerprint density at radius 2 is 1.93 bits per heavy atom. The number of rotatable bonds is 5. The van der Waals surface area contributed by atoms with Crippen molar-refractivity contribution in [1.29, 1.82) is 0 Å². The topological polar surface area (TPSA) is 67.4 Å². The predicted molar refractivity (Wildman–Crippen MR) is 117 cm³/mol. The SMILES string of the molecule is CCOC(=O)c1c(-c2ccc(F)cc2)csc1NC(=S)NC(=O)[C@@]1(C)CC1(Cl)Cl. The van der Waals surface area contributed by atoms with E-state index < -0.39 is 21.6 Å². The zero-order valence-electron chi connectivity index (χ0n) is 15.5. The number of carbonyl (C=O) groups is 2. The summed E-state index contributed by atoms with van der Waals surface area (Å²) in [5, 5.41) is 7.56. The molecule has 10 heteroatoms. The van der Waals surface area contributed by atoms with Crippen molar-refractivity contribution >= 4 is 68.7 Å². The van der Waals surface area contributed by atoms with Crippen molar-refractivity contribution in [2.45, 2.75) is 24.6 Å². The Morgan fingerprint density at radius 1 is 1.31 bits per heavy atom. The number of amides is 1. The molecule has 1 saturated carbocycles. The van der Waals surface area contributed by atoms with Crippen LogP contribution in [0.4, 0.5) is 9.39 Å². The minimum absolute atomic E-state index is 0.00492. The van der Waals surface area contributed by atoms with Crippen LogP contribution in [0.5, 0.6) is 0 Å². The van der Waals surface area contributed by atoms with Crippen LogP contribution < -0.4 is 10.6 Å². The molecule has 1 aliphatic rings. The molecule has 29 heavy (non-hydrogen) atoms. The second kappa shape index (κ2) is 8.18. The highest BCUT2D eigenvalue weighted by molar-refractivity contribution is 7.80. The van der Waals surface area contributed by atoms with Crippen LogP contribution in [0.1, 0.15) is 30.6 Å². The summed E-state index contributed by atoms with van der Waals surface area (Å²) in [5.74, 6) is -1.35. The van der Waals surface area contributed by atoms with E-state index >= 15 is 0 Å². The number of hydrogen-bond donors (Lipinski definition) is 2. The first-order valence-electron chi connectivity index (χ1n) is 8.64. The maximum Gasteiger partial charge on any atom is 0.341 e. The van der Waals surface area contributed by atoms with Crippen LogP contribution in [0.25, 0.3) is 11.1 Å². The minimum atomic E-state index is -1.12. The number of hydrogen-bond acceptors (Lipinski definition) is 5. The van der Waals surface area contributed by atoms with Crippen molar-refractivity contribution in [3.63, 3.8) is 0 Å². The molecule has 0 bridgehead atoms. The van der Waals surface area contributed by atoms with Gasteiger partial charge in [0.05, 0.1) is 12.0 Å². The molecular formula is C19H17Cl2FN2O3S2. The summed E-state index contributed by atoms with van der Waals surface area (Å²) < 4.78 is 17.3. The number of ether oxygens (including phenoxy) is 1. The minimum Gasteiger partial charge on any atom is -0.462 e. The third kappa shape index (κ3) is 4.40. The lowest BCUT2D eigenvalue weighted by Crippen LogP contribution is -2.40. The van der Waals surface area contributed by atoms with Crippen LogP contribution in [0.2, 0.25) is 0 Å². The van der Waals surface area contributed by atoms with E-state index in [1.807, 2.05) is 0 Å². The molecule has 0 saturated heterocycles. The van der Waals surface area contributed by atoms with E-state index in [1.165, 1.54) is 23.5 Å². The van der Waals surface area contributed by atoms with Gasteiger partial charge in [-0.25, -0.2) is 9.18 Å². The molecule has 2 N–H and O–H groups in total. The second-order valence-corrected chi connectivity index (χ2v) is 9.47. The van der Waals surface area contributed by atoms with Crippen molar-refractivity contribution < 1.29 is 18.7 Å². The Kier molecular flexibility index (Phi) is 6.19. The van der Waals surface area contributed by atoms with Gasteiger partial charge >= 0.3 is 5.97 Å². The number of esters is 1. The van der Waals surface area contributed by atoms with Crippen molar-refractivity contribution in [3.8, 4) is 11.1 Å². The fourth-order valence-electron chi connectivity index (χ4n) is 2.72. The maximum atomic E-state index is 13.3. The van der Waals surface area contributed by atoms with Gasteiger partial charge < -0.3 is 15.4 Å². The molecule has 0 unspecified atom stereocenters. The highest BCUT2D eigenvalue weighted by atomic mass is 35.5. The third-order valence-electron chi connectivity index (χ3n) is 4.64. The average molecular weight is 475 g/mol. The van der Waals surface area contributed by atoms with Crippen LogP contribution >= 0.6 is 46.8 Å². The summed E-state index contributed by atoms with van der Waals surface area (Å²) in [4.78, 5) is 24.9. The Hall–Kier alpha value is -1.74. The van der Waals surface area contributed by atoms with Crippen LogP contribution in [0.15, 0.2) is 29.6 Å². The van der Waals surface area contributed by atoms with Gasteiger partial charge in [-0.1, -0.05) is 12.1 Å². The predicted octanol–water partition coefficient (Wildman–Crippen LogP) is 5.13. The Bertz CT molecular complexity index is 978. The lowest BCUT2D eigenvalue weighted by atomic mass is 10.0. The summed E-state index contributed by atoms with van der Waals surface area (Å²) in [7, 11) is 0. The molecule has 1 aromatic heterocycles. The molecule has 1 aliphatic carbocycles. The fraction of sp³-hybridized carbons (Fsp3) is 0.316. The molecule has 1 heterocycles. The molecule has 3 rings (SSSR count). The van der Waals surface area contributed by atoms with E-state index in [-0.39, 0.29) is 23.1 Å². The van der Waals surface area contributed by atoms with Gasteiger partial charge in [0, 0.05) is 10.9 Å². The van der Waals surface area contributed by atoms with Crippen molar-refractivity contribution in [3.05, 3.63) is 41.0 Å². The van der Waals surface area contributed by atoms with Gasteiger partial charge in [-0.15, -0.1) is 34.5 Å². The molecular weight excluding hydrogens is 458 g/mol. The molecule has 1 amide bonds. The van der Waals surface area contributed by atoms with Gasteiger partial charge in [0.25, 0.3) is 0 Å². The Labute approximate surface area is 186 Å². The van der Waals surface area contributed by atoms with E-state index in [2.05, 4.69) is 10.6 Å². The molecule has 1 fully saturated rings. The summed E-state index contributed by atoms with van der Waals surface area (Å²) in [6.45, 7) is 3.53. The first-order chi connectivity index (χ1) is 13.6. The molecule has 1 aromatic carbocycles. The van der Waals surface area contributed by atoms with Crippen LogP contribution in [-0.2, 0) is 9.53 Å². The Morgan fingerprint density at radius 3 is 2.48 bits per heavy atom. The lowest BCUT2D eigenvalue weighted by molar-refractivity contribution is -0.124. The van der Waals surface area contributed by atoms with Crippen molar-refractivity contribution in [2.75, 3.05) is 11.9 Å². The van der Waals surface area contributed by atoms with E-state index in [9.17, 15) is 14.0 Å². The smallest absolute Gasteiger partial charge is 0.341 e. The molecule has 0 spiro atoms. The quantitative estimate of drug-likeness (QED) is 0.357. The standard InChI is InChI=1S/C19H17Cl2FN2O3S2/c1-3-27-15(25)13-12(10-4-6-11(22)7-5-10)8-29-14(13)23-17(28)24-16(26)18(2)9-19(18,20)21/h4-8H,3,9H2,1-2H3,(H2,23,24,26,28)/t18-/m1/s1. The van der Waals surface area contributed by atoms with E-state index in [1.54, 1.807) is 31.4 Å². The molecule has 154 valence electrons. The van der Waals surface area contributed by atoms with Crippen LogP contribution in [0, 0.1) is 11.2 Å². The number of carbonyl (C=O) groups excluding carboxylic acids is 2. The monoisotopic (exact) mass is 474 g/mol. The summed E-state index contributed by atoms with van der Waals surface area (Å²) >= 11 is 18.5. The lowest BCUT2D eigenvalue weighted by Gasteiger charge is -2.14. The number of halogens is 3. The fourth-order valence-corrected chi connectivity index (χ4v) is 4.65. The van der Waals surface area contributed by atoms with E-state index in [0.717, 1.165) is 0 Å². The summed E-state index contributed by atoms with van der Waals surface area (Å²) in [6.07, 6.45) is 0.319. The number of thiocarbonyl (C=S) groups is 1. The number of thiophene rings is 1. The normalized spacial score (nSPS) is 19.3. The highest BCUT2D eigenvalue weighted by Crippen LogP contribution is 2.63. The van der Waals surface area contributed by atoms with Gasteiger partial charge in [-0.3, -0.25) is 4.79 Å². The molecule has 0 aliphatic heterocycles. The molecule has 0 radical (unpaired) electrons. The van der Waals surface area contributed by atoms with Gasteiger partial charge in [-0.2, -0.15) is 0 Å². The van der Waals surface area contributed by atoms with Crippen molar-refractivity contribution in [2.24, 2.45) is 5.41 Å². The molecule has 5 nitrogen and oxygen atoms in total. The summed E-state index contributed by atoms with van der Waals surface area (Å²) in [5.41, 5.74) is 0.537. The number of nitrogens with one attached hydrogen (secondary N) is 2. The number of anilines is 1. The van der Waals surface area contributed by atoms with Gasteiger partial charge in [0.15, 0.2) is 5.11 Å². The second-order valence-electron chi connectivity index (χ2n) is 6.70. The van der Waals surface area contributed by atoms with Gasteiger partial charge in [0.2, 0.25) is 5.91 Å². The zero-order valence-corrected chi connectivity index (χ0v) is 18.6. The van der Waals surface area contributed by atoms with E-state index in [0.29, 0.717) is 22.5 Å². The van der Waals surface area contributed by atoms with Crippen LogP contribution in [0.3, 0.4) is 0 Å². The summed E-state index contributed by atoms with van der Waals surface area (Å²) in [6, 6.07) is 5.75. The average Bonchev–Trinajstić information content (AvgIpc) is 2.98. The van der Waals surface area contributed by atoms with Crippen LogP contribution in [-0.4, -0.2) is 27.9 Å². The molecule has 2 aromatic rings. The zero-order chi connectivity index (χ0) is 21.4. The highest BCUT2D eigenvalue weighted by Gasteiger charge is 2.68. The maximum absolute atomic E-state index is 13.3. The number of benzene rings is 1. The van der Waals surface area contributed by atoms with Gasteiger partial charge in [-0.05, 0) is 50.2 Å². The largest absolute Gasteiger partial charge is 0.462 e. The van der Waals surface area contributed by atoms with Crippen molar-refractivity contribution in [1.82, 2.24) is 5.32 Å². The third-order valence-corrected chi connectivity index (χ3v) is 6.84. The molecule has 1 atom stereocenters. The first kappa shape index (κ1) is 22.0.